The molecule has 2 rings (SSSR count). The van der Waals surface area contributed by atoms with E-state index in [4.69, 9.17) is 4.74 Å². The third kappa shape index (κ3) is 3.50. The molecule has 1 aromatic carbocycles. The van der Waals surface area contributed by atoms with Gasteiger partial charge in [-0.15, -0.1) is 0 Å². The highest BCUT2D eigenvalue weighted by molar-refractivity contribution is 9.10. The van der Waals surface area contributed by atoms with Crippen LogP contribution in [0.25, 0.3) is 0 Å². The predicted molar refractivity (Wildman–Crippen MR) is 67.4 cm³/mol. The van der Waals surface area contributed by atoms with Gasteiger partial charge in [0, 0.05) is 24.1 Å². The Kier molecular flexibility index (Phi) is 4.17. The van der Waals surface area contributed by atoms with Gasteiger partial charge in [0.15, 0.2) is 0 Å². The molecule has 4 heteroatoms. The first-order valence-electron chi connectivity index (χ1n) is 5.83. The van der Waals surface area contributed by atoms with Crippen LogP contribution in [-0.4, -0.2) is 23.9 Å². The first-order valence-corrected chi connectivity index (χ1v) is 6.62. The number of ether oxygens (including phenoxy) is 1. The number of hydrogen-bond donors (Lipinski definition) is 1. The Morgan fingerprint density at radius 3 is 2.94 bits per heavy atom. The fourth-order valence-electron chi connectivity index (χ4n) is 2.19. The van der Waals surface area contributed by atoms with Crippen molar-refractivity contribution in [2.75, 3.05) is 13.2 Å². The molecule has 17 heavy (non-hydrogen) atoms. The predicted octanol–water partition coefficient (Wildman–Crippen LogP) is 3.06. The van der Waals surface area contributed by atoms with Crippen molar-refractivity contribution in [2.24, 2.45) is 0 Å². The third-order valence-electron chi connectivity index (χ3n) is 3.18. The molecule has 1 heterocycles. The van der Waals surface area contributed by atoms with Crippen LogP contribution >= 0.6 is 15.9 Å². The lowest BCUT2D eigenvalue weighted by Gasteiger charge is -2.26. The van der Waals surface area contributed by atoms with Crippen LogP contribution in [0.15, 0.2) is 22.7 Å². The van der Waals surface area contributed by atoms with Gasteiger partial charge in [-0.25, -0.2) is 4.39 Å². The highest BCUT2D eigenvalue weighted by Gasteiger charge is 2.29. The molecule has 0 spiro atoms. The summed E-state index contributed by atoms with van der Waals surface area (Å²) in [6, 6.07) is 4.59. The molecule has 1 fully saturated rings. The van der Waals surface area contributed by atoms with E-state index in [1.54, 1.807) is 6.07 Å². The lowest BCUT2D eigenvalue weighted by Crippen LogP contribution is -2.31. The van der Waals surface area contributed by atoms with Crippen molar-refractivity contribution >= 4 is 15.9 Å². The van der Waals surface area contributed by atoms with Crippen LogP contribution in [0.4, 0.5) is 4.39 Å². The van der Waals surface area contributed by atoms with Crippen molar-refractivity contribution in [3.05, 3.63) is 34.1 Å². The summed E-state index contributed by atoms with van der Waals surface area (Å²) < 4.78 is 19.0. The van der Waals surface area contributed by atoms with Gasteiger partial charge >= 0.3 is 0 Å². The minimum Gasteiger partial charge on any atom is -0.389 e. The summed E-state index contributed by atoms with van der Waals surface area (Å²) >= 11 is 3.34. The highest BCUT2D eigenvalue weighted by atomic mass is 79.9. The van der Waals surface area contributed by atoms with Crippen molar-refractivity contribution in [1.82, 2.24) is 0 Å². The van der Waals surface area contributed by atoms with Crippen molar-refractivity contribution in [3.8, 4) is 0 Å². The molecule has 1 atom stereocenters. The molecule has 1 saturated heterocycles. The zero-order valence-corrected chi connectivity index (χ0v) is 11.2. The fourth-order valence-corrected chi connectivity index (χ4v) is 2.68. The molecule has 0 aliphatic carbocycles. The summed E-state index contributed by atoms with van der Waals surface area (Å²) in [4.78, 5) is 0. The van der Waals surface area contributed by atoms with Gasteiger partial charge in [0.05, 0.1) is 5.60 Å². The smallest absolute Gasteiger partial charge is 0.124 e. The summed E-state index contributed by atoms with van der Waals surface area (Å²) in [5.41, 5.74) is 0.215. The first-order chi connectivity index (χ1) is 8.09. The van der Waals surface area contributed by atoms with E-state index < -0.39 is 5.60 Å². The lowest BCUT2D eigenvalue weighted by atomic mass is 9.88. The molecule has 94 valence electrons. The Bertz CT molecular complexity index is 387. The van der Waals surface area contributed by atoms with E-state index in [9.17, 15) is 9.50 Å². The molecular weight excluding hydrogens is 287 g/mol. The van der Waals surface area contributed by atoms with Gasteiger partial charge in [-0.3, -0.25) is 0 Å². The summed E-state index contributed by atoms with van der Waals surface area (Å²) in [6.45, 7) is 1.31. The second-order valence-corrected chi connectivity index (χ2v) is 5.46. The maximum atomic E-state index is 13.0. The number of halogens is 2. The molecule has 1 aliphatic heterocycles. The number of hydrogen-bond acceptors (Lipinski definition) is 2. The summed E-state index contributed by atoms with van der Waals surface area (Å²) in [5, 5.41) is 10.5. The molecule has 1 N–H and O–H groups in total. The second-order valence-electron chi connectivity index (χ2n) is 4.60. The van der Waals surface area contributed by atoms with Crippen LogP contribution in [-0.2, 0) is 11.2 Å². The zero-order chi connectivity index (χ0) is 12.3. The molecule has 0 bridgehead atoms. The van der Waals surface area contributed by atoms with Gasteiger partial charge in [-0.2, -0.15) is 0 Å². The van der Waals surface area contributed by atoms with E-state index >= 15 is 0 Å². The molecule has 2 nitrogen and oxygen atoms in total. The maximum absolute atomic E-state index is 13.0. The van der Waals surface area contributed by atoms with Gasteiger partial charge in [0.2, 0.25) is 0 Å². The van der Waals surface area contributed by atoms with Crippen LogP contribution in [0.1, 0.15) is 24.8 Å². The minimum absolute atomic E-state index is 0.267. The monoisotopic (exact) mass is 302 g/mol. The van der Waals surface area contributed by atoms with Gasteiger partial charge in [-0.1, -0.05) is 22.0 Å². The van der Waals surface area contributed by atoms with Gasteiger partial charge in [0.1, 0.15) is 5.82 Å². The Balaban J connectivity index is 2.12. The number of rotatable bonds is 2. The largest absolute Gasteiger partial charge is 0.389 e. The quantitative estimate of drug-likeness (QED) is 0.910. The van der Waals surface area contributed by atoms with E-state index in [1.165, 1.54) is 12.1 Å². The molecule has 1 unspecified atom stereocenters. The van der Waals surface area contributed by atoms with Crippen molar-refractivity contribution in [2.45, 2.75) is 31.3 Å². The number of aliphatic hydroxyl groups is 1. The van der Waals surface area contributed by atoms with Crippen LogP contribution in [0.5, 0.6) is 0 Å². The minimum atomic E-state index is -0.725. The molecule has 0 radical (unpaired) electrons. The van der Waals surface area contributed by atoms with Crippen molar-refractivity contribution < 1.29 is 14.2 Å². The van der Waals surface area contributed by atoms with Crippen molar-refractivity contribution in [3.63, 3.8) is 0 Å². The molecule has 1 aliphatic rings. The summed E-state index contributed by atoms with van der Waals surface area (Å²) in [5.74, 6) is -0.267. The Morgan fingerprint density at radius 2 is 2.18 bits per heavy atom. The molecule has 0 saturated carbocycles. The fraction of sp³-hybridized carbons (Fsp3) is 0.538. The van der Waals surface area contributed by atoms with Crippen LogP contribution < -0.4 is 0 Å². The number of benzene rings is 1. The van der Waals surface area contributed by atoms with E-state index in [2.05, 4.69) is 15.9 Å². The molecule has 0 aromatic heterocycles. The Hall–Kier alpha value is -0.450. The van der Waals surface area contributed by atoms with Gasteiger partial charge in [0.25, 0.3) is 0 Å². The van der Waals surface area contributed by atoms with E-state index in [-0.39, 0.29) is 5.82 Å². The summed E-state index contributed by atoms with van der Waals surface area (Å²) in [7, 11) is 0. The van der Waals surface area contributed by atoms with Crippen LogP contribution in [0.3, 0.4) is 0 Å². The molecule has 1 aromatic rings. The Morgan fingerprint density at radius 1 is 1.35 bits per heavy atom. The standard InChI is InChI=1S/C13H16BrFO2/c14-12-8-11(15)3-2-10(12)9-13(16)4-1-6-17-7-5-13/h2-3,8,16H,1,4-7,9H2. The topological polar surface area (TPSA) is 29.5 Å². The normalized spacial score (nSPS) is 25.6. The van der Waals surface area contributed by atoms with E-state index in [0.717, 1.165) is 22.9 Å². The first kappa shape index (κ1) is 13.0. The van der Waals surface area contributed by atoms with Gasteiger partial charge in [-0.05, 0) is 37.0 Å². The highest BCUT2D eigenvalue weighted by Crippen LogP contribution is 2.29. The van der Waals surface area contributed by atoms with E-state index in [1.807, 2.05) is 0 Å². The second kappa shape index (κ2) is 5.46. The zero-order valence-electron chi connectivity index (χ0n) is 9.59. The van der Waals surface area contributed by atoms with Crippen LogP contribution in [0, 0.1) is 5.82 Å². The molecule has 0 amide bonds. The average molecular weight is 303 g/mol. The molecular formula is C13H16BrFO2. The average Bonchev–Trinajstić information content (AvgIpc) is 2.48. The third-order valence-corrected chi connectivity index (χ3v) is 3.92. The van der Waals surface area contributed by atoms with Crippen LogP contribution in [0.2, 0.25) is 0 Å². The van der Waals surface area contributed by atoms with Crippen molar-refractivity contribution in [1.29, 1.82) is 0 Å². The SMILES string of the molecule is OC1(Cc2ccc(F)cc2Br)CCCOCC1. The maximum Gasteiger partial charge on any atom is 0.124 e. The van der Waals surface area contributed by atoms with Gasteiger partial charge < -0.3 is 9.84 Å². The van der Waals surface area contributed by atoms with E-state index in [0.29, 0.717) is 26.1 Å². The summed E-state index contributed by atoms with van der Waals surface area (Å²) in [6.07, 6.45) is 2.78. The Labute approximate surface area is 109 Å². The lowest BCUT2D eigenvalue weighted by molar-refractivity contribution is 0.0187.